The van der Waals surface area contributed by atoms with Crippen molar-refractivity contribution in [2.75, 3.05) is 6.61 Å². The lowest BCUT2D eigenvalue weighted by molar-refractivity contribution is 0.119. The number of nitrogens with zero attached hydrogens (tertiary/aromatic N) is 1. The van der Waals surface area contributed by atoms with Crippen LogP contribution in [0, 0.1) is 6.92 Å². The van der Waals surface area contributed by atoms with Gasteiger partial charge in [0.15, 0.2) is 0 Å². The number of aromatic nitrogens is 1. The summed E-state index contributed by atoms with van der Waals surface area (Å²) >= 11 is 0. The third kappa shape index (κ3) is 2.51. The molecule has 0 radical (unpaired) electrons. The van der Waals surface area contributed by atoms with Crippen LogP contribution in [0.4, 0.5) is 0 Å². The Bertz CT molecular complexity index is 248. The first-order chi connectivity index (χ1) is 5.70. The molecule has 12 heavy (non-hydrogen) atoms. The fourth-order valence-electron chi connectivity index (χ4n) is 0.822. The molecule has 1 unspecified atom stereocenters. The fraction of sp³-hybridized carbons (Fsp3) is 0.444. The molecule has 66 valence electrons. The van der Waals surface area contributed by atoms with E-state index in [1.165, 1.54) is 0 Å². The van der Waals surface area contributed by atoms with Gasteiger partial charge in [-0.3, -0.25) is 0 Å². The predicted octanol–water partition coefficient (Wildman–Crippen LogP) is 1.15. The maximum Gasteiger partial charge on any atom is 0.216 e. The van der Waals surface area contributed by atoms with Crippen molar-refractivity contribution in [1.29, 1.82) is 0 Å². The number of pyridine rings is 1. The fourth-order valence-corrected chi connectivity index (χ4v) is 0.822. The average Bonchev–Trinajstić information content (AvgIpc) is 2.03. The number of aryl methyl sites for hydroxylation is 1. The summed E-state index contributed by atoms with van der Waals surface area (Å²) in [5, 5.41) is 8.95. The largest absolute Gasteiger partial charge is 0.475 e. The van der Waals surface area contributed by atoms with Crippen molar-refractivity contribution < 1.29 is 9.84 Å². The molecule has 0 saturated carbocycles. The number of aliphatic hydroxyl groups excluding tert-OH is 1. The van der Waals surface area contributed by atoms with Crippen molar-refractivity contribution in [3.63, 3.8) is 0 Å². The van der Waals surface area contributed by atoms with E-state index in [0.717, 1.165) is 5.56 Å². The van der Waals surface area contributed by atoms with Crippen molar-refractivity contribution >= 4 is 0 Å². The van der Waals surface area contributed by atoms with Gasteiger partial charge in [0.2, 0.25) is 5.88 Å². The van der Waals surface area contributed by atoms with Gasteiger partial charge in [0.1, 0.15) is 6.61 Å². The number of aliphatic hydroxyl groups is 1. The minimum atomic E-state index is -0.452. The summed E-state index contributed by atoms with van der Waals surface area (Å²) in [6.45, 7) is 3.89. The first kappa shape index (κ1) is 9.00. The zero-order valence-electron chi connectivity index (χ0n) is 7.32. The zero-order valence-corrected chi connectivity index (χ0v) is 7.32. The van der Waals surface area contributed by atoms with E-state index in [2.05, 4.69) is 4.98 Å². The highest BCUT2D eigenvalue weighted by Gasteiger charge is 2.01. The molecular weight excluding hydrogens is 154 g/mol. The van der Waals surface area contributed by atoms with Gasteiger partial charge < -0.3 is 9.84 Å². The number of hydrogen-bond acceptors (Lipinski definition) is 3. The van der Waals surface area contributed by atoms with Crippen molar-refractivity contribution in [2.45, 2.75) is 20.0 Å². The third-order valence-electron chi connectivity index (χ3n) is 1.42. The van der Waals surface area contributed by atoms with Crippen molar-refractivity contribution in [1.82, 2.24) is 4.98 Å². The highest BCUT2D eigenvalue weighted by molar-refractivity contribution is 5.23. The highest BCUT2D eigenvalue weighted by atomic mass is 16.5. The predicted molar refractivity (Wildman–Crippen MR) is 46.1 cm³/mol. The van der Waals surface area contributed by atoms with Crippen molar-refractivity contribution in [2.24, 2.45) is 0 Å². The molecule has 3 nitrogen and oxygen atoms in total. The van der Waals surface area contributed by atoms with Crippen LogP contribution >= 0.6 is 0 Å². The zero-order chi connectivity index (χ0) is 8.97. The Morgan fingerprint density at radius 2 is 2.42 bits per heavy atom. The Kier molecular flexibility index (Phi) is 3.05. The van der Waals surface area contributed by atoms with Crippen molar-refractivity contribution in [3.05, 3.63) is 23.9 Å². The molecule has 0 aliphatic heterocycles. The number of hydrogen-bond donors (Lipinski definition) is 1. The number of ether oxygens (including phenoxy) is 1. The SMILES string of the molecule is Cc1cccnc1OCC(C)O. The van der Waals surface area contributed by atoms with Crippen molar-refractivity contribution in [3.8, 4) is 5.88 Å². The molecule has 1 rings (SSSR count). The van der Waals surface area contributed by atoms with E-state index in [1.807, 2.05) is 19.1 Å². The summed E-state index contributed by atoms with van der Waals surface area (Å²) in [6.07, 6.45) is 1.22. The normalized spacial score (nSPS) is 12.6. The van der Waals surface area contributed by atoms with E-state index in [0.29, 0.717) is 5.88 Å². The molecule has 1 N–H and O–H groups in total. The molecule has 0 saturated heterocycles. The second-order valence-corrected chi connectivity index (χ2v) is 2.79. The van der Waals surface area contributed by atoms with E-state index in [-0.39, 0.29) is 6.61 Å². The van der Waals surface area contributed by atoms with Gasteiger partial charge in [0.25, 0.3) is 0 Å². The topological polar surface area (TPSA) is 42.4 Å². The quantitative estimate of drug-likeness (QED) is 0.734. The second-order valence-electron chi connectivity index (χ2n) is 2.79. The second kappa shape index (κ2) is 4.07. The van der Waals surface area contributed by atoms with Crippen LogP contribution in [-0.4, -0.2) is 22.8 Å². The molecule has 0 aliphatic carbocycles. The average molecular weight is 167 g/mol. The maximum atomic E-state index is 8.95. The lowest BCUT2D eigenvalue weighted by atomic mass is 10.3. The van der Waals surface area contributed by atoms with E-state index < -0.39 is 6.10 Å². The van der Waals surface area contributed by atoms with Gasteiger partial charge in [0.05, 0.1) is 6.10 Å². The Hall–Kier alpha value is -1.09. The van der Waals surface area contributed by atoms with Crippen LogP contribution in [0.2, 0.25) is 0 Å². The van der Waals surface area contributed by atoms with Gasteiger partial charge in [-0.15, -0.1) is 0 Å². The molecule has 0 bridgehead atoms. The summed E-state index contributed by atoms with van der Waals surface area (Å²) in [4.78, 5) is 4.02. The van der Waals surface area contributed by atoms with Crippen LogP contribution in [0.1, 0.15) is 12.5 Å². The van der Waals surface area contributed by atoms with Crippen LogP contribution in [0.3, 0.4) is 0 Å². The summed E-state index contributed by atoms with van der Waals surface area (Å²) < 4.78 is 5.24. The molecule has 1 aromatic rings. The smallest absolute Gasteiger partial charge is 0.216 e. The third-order valence-corrected chi connectivity index (χ3v) is 1.42. The Balaban J connectivity index is 2.57. The van der Waals surface area contributed by atoms with Gasteiger partial charge in [-0.2, -0.15) is 0 Å². The summed E-state index contributed by atoms with van der Waals surface area (Å²) in [7, 11) is 0. The summed E-state index contributed by atoms with van der Waals surface area (Å²) in [5.41, 5.74) is 0.984. The molecule has 0 spiro atoms. The lowest BCUT2D eigenvalue weighted by Crippen LogP contribution is -2.13. The first-order valence-electron chi connectivity index (χ1n) is 3.92. The lowest BCUT2D eigenvalue weighted by Gasteiger charge is -2.08. The molecular formula is C9H13NO2. The summed E-state index contributed by atoms with van der Waals surface area (Å²) in [5.74, 6) is 0.596. The standard InChI is InChI=1S/C9H13NO2/c1-7-4-3-5-10-9(7)12-6-8(2)11/h3-5,8,11H,6H2,1-2H3. The monoisotopic (exact) mass is 167 g/mol. The molecule has 1 atom stereocenters. The van der Waals surface area contributed by atoms with E-state index in [9.17, 15) is 0 Å². The molecule has 1 heterocycles. The van der Waals surface area contributed by atoms with Crippen LogP contribution in [0.5, 0.6) is 5.88 Å². The molecule has 0 aliphatic rings. The number of rotatable bonds is 3. The first-order valence-corrected chi connectivity index (χ1v) is 3.92. The van der Waals surface area contributed by atoms with Gasteiger partial charge >= 0.3 is 0 Å². The van der Waals surface area contributed by atoms with E-state index >= 15 is 0 Å². The molecule has 0 aromatic carbocycles. The van der Waals surface area contributed by atoms with Crippen LogP contribution in [-0.2, 0) is 0 Å². The molecule has 3 heteroatoms. The van der Waals surface area contributed by atoms with Gasteiger partial charge in [-0.1, -0.05) is 6.07 Å². The maximum absolute atomic E-state index is 8.95. The van der Waals surface area contributed by atoms with Crippen LogP contribution in [0.15, 0.2) is 18.3 Å². The van der Waals surface area contributed by atoms with Crippen LogP contribution < -0.4 is 4.74 Å². The van der Waals surface area contributed by atoms with E-state index in [1.54, 1.807) is 13.1 Å². The Labute approximate surface area is 72.0 Å². The van der Waals surface area contributed by atoms with Gasteiger partial charge in [-0.25, -0.2) is 4.98 Å². The minimum Gasteiger partial charge on any atom is -0.475 e. The summed E-state index contributed by atoms with van der Waals surface area (Å²) in [6, 6.07) is 3.77. The van der Waals surface area contributed by atoms with Crippen LogP contribution in [0.25, 0.3) is 0 Å². The molecule has 0 fully saturated rings. The highest BCUT2D eigenvalue weighted by Crippen LogP contribution is 2.11. The molecule has 0 amide bonds. The van der Waals surface area contributed by atoms with Gasteiger partial charge in [0, 0.05) is 11.8 Å². The van der Waals surface area contributed by atoms with E-state index in [4.69, 9.17) is 9.84 Å². The van der Waals surface area contributed by atoms with Gasteiger partial charge in [-0.05, 0) is 19.9 Å². The Morgan fingerprint density at radius 1 is 1.67 bits per heavy atom. The molecule has 1 aromatic heterocycles. The Morgan fingerprint density at radius 3 is 3.00 bits per heavy atom. The minimum absolute atomic E-state index is 0.290.